The van der Waals surface area contributed by atoms with E-state index in [9.17, 15) is 0 Å². The van der Waals surface area contributed by atoms with Gasteiger partial charge < -0.3 is 0 Å². The molecule has 0 saturated carbocycles. The van der Waals surface area contributed by atoms with E-state index in [0.29, 0.717) is 0 Å². The smallest absolute Gasteiger partial charge is 0.0567 e. The van der Waals surface area contributed by atoms with Gasteiger partial charge in [-0.2, -0.15) is 0 Å². The molecule has 0 aliphatic carbocycles. The van der Waals surface area contributed by atoms with Crippen LogP contribution in [0.25, 0.3) is 0 Å². The lowest BCUT2D eigenvalue weighted by Crippen LogP contribution is -2.31. The third-order valence-electron chi connectivity index (χ3n) is 3.46. The van der Waals surface area contributed by atoms with Crippen LogP contribution in [0.2, 0.25) is 24.2 Å². The van der Waals surface area contributed by atoms with Gasteiger partial charge >= 0.3 is 0 Å². The maximum atomic E-state index is 2.41. The maximum absolute atomic E-state index is 2.41. The second-order valence-corrected chi connectivity index (χ2v) is 9.67. The summed E-state index contributed by atoms with van der Waals surface area (Å²) in [7, 11) is -0.886. The van der Waals surface area contributed by atoms with E-state index < -0.39 is 8.07 Å². The molecule has 0 unspecified atom stereocenters. The summed E-state index contributed by atoms with van der Waals surface area (Å²) in [4.78, 5) is 0. The zero-order chi connectivity index (χ0) is 10.3. The summed E-state index contributed by atoms with van der Waals surface area (Å²) in [6, 6.07) is 5.79. The summed E-state index contributed by atoms with van der Waals surface area (Å²) < 4.78 is 0. The molecule has 13 heavy (non-hydrogen) atoms. The van der Waals surface area contributed by atoms with Crippen molar-refractivity contribution in [1.29, 1.82) is 0 Å². The molecule has 0 rings (SSSR count). The van der Waals surface area contributed by atoms with Gasteiger partial charge in [-0.05, 0) is 19.4 Å². The van der Waals surface area contributed by atoms with E-state index in [-0.39, 0.29) is 0 Å². The molecule has 0 aliphatic rings. The summed E-state index contributed by atoms with van der Waals surface area (Å²) in [6.07, 6.45) is 3.61. The molecule has 0 aliphatic heterocycles. The largest absolute Gasteiger partial charge is 0.0862 e. The highest BCUT2D eigenvalue weighted by molar-refractivity contribution is 6.80. The van der Waals surface area contributed by atoms with Crippen molar-refractivity contribution in [3.05, 3.63) is 11.6 Å². The lowest BCUT2D eigenvalue weighted by molar-refractivity contribution is 1.09. The molecular weight excluding hydrogens is 172 g/mol. The monoisotopic (exact) mass is 198 g/mol. The predicted octanol–water partition coefficient (Wildman–Crippen LogP) is 4.85. The Morgan fingerprint density at radius 3 is 1.77 bits per heavy atom. The minimum absolute atomic E-state index is 0.886. The molecule has 0 radical (unpaired) electrons. The molecule has 0 nitrogen and oxygen atoms in total. The molecule has 1 heteroatoms. The van der Waals surface area contributed by atoms with Gasteiger partial charge in [0.1, 0.15) is 0 Å². The van der Waals surface area contributed by atoms with Gasteiger partial charge in [0.2, 0.25) is 0 Å². The van der Waals surface area contributed by atoms with Crippen LogP contribution in [0.5, 0.6) is 0 Å². The average molecular weight is 198 g/mol. The number of rotatable bonds is 6. The number of hydrogen-bond acceptors (Lipinski definition) is 0. The highest BCUT2D eigenvalue weighted by Crippen LogP contribution is 2.28. The van der Waals surface area contributed by atoms with Gasteiger partial charge in [-0.25, -0.2) is 0 Å². The first-order valence-electron chi connectivity index (χ1n) is 5.79. The summed E-state index contributed by atoms with van der Waals surface area (Å²) in [5.41, 5.74) is 1.64. The van der Waals surface area contributed by atoms with Crippen molar-refractivity contribution in [1.82, 2.24) is 0 Å². The van der Waals surface area contributed by atoms with Crippen LogP contribution in [0.15, 0.2) is 11.6 Å². The minimum Gasteiger partial charge on any atom is -0.0862 e. The Balaban J connectivity index is 4.32. The third kappa shape index (κ3) is 4.12. The van der Waals surface area contributed by atoms with Crippen molar-refractivity contribution in [3.63, 3.8) is 0 Å². The molecule has 0 bridgehead atoms. The molecule has 0 spiro atoms. The molecule has 0 N–H and O–H groups in total. The Kier molecular flexibility index (Phi) is 6.40. The molecular formula is C12H26Si. The SMILES string of the molecule is CC/C=C(/C)C[Si](CC)(CC)CC. The van der Waals surface area contributed by atoms with Crippen LogP contribution in [0.1, 0.15) is 41.0 Å². The van der Waals surface area contributed by atoms with E-state index in [1.807, 2.05) is 0 Å². The summed E-state index contributed by atoms with van der Waals surface area (Å²) in [5.74, 6) is 0. The fraction of sp³-hybridized carbons (Fsp3) is 0.833. The van der Waals surface area contributed by atoms with Crippen LogP contribution in [0.4, 0.5) is 0 Å². The standard InChI is InChI=1S/C12H26Si/c1-6-10-12(5)11-13(7-2,8-3)9-4/h10H,6-9,11H2,1-5H3/b12-10-. The maximum Gasteiger partial charge on any atom is 0.0567 e. The third-order valence-corrected chi connectivity index (χ3v) is 9.26. The first kappa shape index (κ1) is 13.0. The molecule has 0 atom stereocenters. The van der Waals surface area contributed by atoms with E-state index in [1.165, 1.54) is 30.6 Å². The number of allylic oxidation sites excluding steroid dienone is 2. The zero-order valence-electron chi connectivity index (χ0n) is 10.1. The van der Waals surface area contributed by atoms with Gasteiger partial charge in [0.15, 0.2) is 0 Å². The lowest BCUT2D eigenvalue weighted by atomic mass is 10.3. The van der Waals surface area contributed by atoms with Crippen LogP contribution in [-0.2, 0) is 0 Å². The zero-order valence-corrected chi connectivity index (χ0v) is 11.1. The Hall–Kier alpha value is -0.0431. The van der Waals surface area contributed by atoms with Crippen LogP contribution >= 0.6 is 0 Å². The number of hydrogen-bond donors (Lipinski definition) is 0. The molecule has 0 aromatic carbocycles. The molecule has 0 fully saturated rings. The quantitative estimate of drug-likeness (QED) is 0.423. The van der Waals surface area contributed by atoms with Crippen molar-refractivity contribution in [2.45, 2.75) is 65.2 Å². The topological polar surface area (TPSA) is 0 Å². The fourth-order valence-electron chi connectivity index (χ4n) is 2.14. The minimum atomic E-state index is -0.886. The van der Waals surface area contributed by atoms with E-state index >= 15 is 0 Å². The van der Waals surface area contributed by atoms with Gasteiger partial charge in [-0.3, -0.25) is 0 Å². The van der Waals surface area contributed by atoms with Crippen molar-refractivity contribution >= 4 is 8.07 Å². The van der Waals surface area contributed by atoms with Crippen molar-refractivity contribution < 1.29 is 0 Å². The first-order valence-corrected chi connectivity index (χ1v) is 8.62. The van der Waals surface area contributed by atoms with Crippen molar-refractivity contribution in [2.75, 3.05) is 0 Å². The van der Waals surface area contributed by atoms with Gasteiger partial charge in [-0.1, -0.05) is 57.5 Å². The molecule has 0 aromatic rings. The summed E-state index contributed by atoms with van der Waals surface area (Å²) in [6.45, 7) is 11.7. The van der Waals surface area contributed by atoms with Gasteiger partial charge in [0.05, 0.1) is 8.07 Å². The van der Waals surface area contributed by atoms with Gasteiger partial charge in [-0.15, -0.1) is 0 Å². The second-order valence-electron chi connectivity index (χ2n) is 4.20. The van der Waals surface area contributed by atoms with E-state index in [2.05, 4.69) is 40.7 Å². The highest BCUT2D eigenvalue weighted by Gasteiger charge is 2.26. The van der Waals surface area contributed by atoms with Crippen molar-refractivity contribution in [2.24, 2.45) is 0 Å². The van der Waals surface area contributed by atoms with Gasteiger partial charge in [0, 0.05) is 0 Å². The molecule has 0 amide bonds. The Morgan fingerprint density at radius 1 is 1.00 bits per heavy atom. The molecule has 0 heterocycles. The van der Waals surface area contributed by atoms with Crippen molar-refractivity contribution in [3.8, 4) is 0 Å². The van der Waals surface area contributed by atoms with Gasteiger partial charge in [0.25, 0.3) is 0 Å². The van der Waals surface area contributed by atoms with E-state index in [0.717, 1.165) is 0 Å². The normalized spacial score (nSPS) is 13.5. The van der Waals surface area contributed by atoms with Crippen LogP contribution < -0.4 is 0 Å². The molecule has 78 valence electrons. The first-order chi connectivity index (χ1) is 6.14. The summed E-state index contributed by atoms with van der Waals surface area (Å²) in [5, 5.41) is 0. The van der Waals surface area contributed by atoms with E-state index in [4.69, 9.17) is 0 Å². The van der Waals surface area contributed by atoms with Crippen LogP contribution in [0, 0.1) is 0 Å². The van der Waals surface area contributed by atoms with E-state index in [1.54, 1.807) is 5.57 Å². The Labute approximate surface area is 85.4 Å². The molecule has 0 aromatic heterocycles. The Morgan fingerprint density at radius 2 is 1.46 bits per heavy atom. The second kappa shape index (κ2) is 6.42. The Bertz CT molecular complexity index is 146. The average Bonchev–Trinajstić information content (AvgIpc) is 2.15. The fourth-order valence-corrected chi connectivity index (χ4v) is 5.71. The summed E-state index contributed by atoms with van der Waals surface area (Å²) >= 11 is 0. The molecule has 0 saturated heterocycles. The predicted molar refractivity (Wildman–Crippen MR) is 66.1 cm³/mol. The van der Waals surface area contributed by atoms with Crippen LogP contribution in [-0.4, -0.2) is 8.07 Å². The van der Waals surface area contributed by atoms with Crippen LogP contribution in [0.3, 0.4) is 0 Å². The highest BCUT2D eigenvalue weighted by atomic mass is 28.3. The lowest BCUT2D eigenvalue weighted by Gasteiger charge is -2.28.